The Morgan fingerprint density at radius 2 is 2.00 bits per heavy atom. The molecule has 2 unspecified atom stereocenters. The van der Waals surface area contributed by atoms with Crippen LogP contribution >= 0.6 is 11.8 Å². The molecule has 1 aromatic carbocycles. The normalized spacial score (nSPS) is 24.7. The lowest BCUT2D eigenvalue weighted by atomic mass is 9.96. The van der Waals surface area contributed by atoms with Crippen molar-refractivity contribution in [3.63, 3.8) is 0 Å². The van der Waals surface area contributed by atoms with Crippen LogP contribution in [0.3, 0.4) is 0 Å². The highest BCUT2D eigenvalue weighted by molar-refractivity contribution is 8.05. The Labute approximate surface area is 201 Å². The fourth-order valence-corrected chi connectivity index (χ4v) is 7.52. The van der Waals surface area contributed by atoms with Gasteiger partial charge < -0.3 is 15.3 Å². The Morgan fingerprint density at radius 1 is 1.32 bits per heavy atom. The number of amides is 1. The zero-order valence-electron chi connectivity index (χ0n) is 18.3. The van der Waals surface area contributed by atoms with Crippen molar-refractivity contribution < 1.29 is 31.1 Å². The van der Waals surface area contributed by atoms with Crippen LogP contribution in [0.15, 0.2) is 49.9 Å². The van der Waals surface area contributed by atoms with Crippen molar-refractivity contribution in [1.82, 2.24) is 14.9 Å². The summed E-state index contributed by atoms with van der Waals surface area (Å²) in [6.45, 7) is 1.92. The number of nitrogens with zero attached hydrogens (tertiary/aromatic N) is 2. The van der Waals surface area contributed by atoms with Crippen molar-refractivity contribution in [2.45, 2.75) is 13.5 Å². The van der Waals surface area contributed by atoms with Crippen LogP contribution in [0.2, 0.25) is 0 Å². The third kappa shape index (κ3) is 4.99. The molecule has 10 nitrogen and oxygen atoms in total. The summed E-state index contributed by atoms with van der Waals surface area (Å²) in [4.78, 5) is 14.6. The van der Waals surface area contributed by atoms with Crippen LogP contribution in [0.5, 0.6) is 0 Å². The number of halogens is 1. The summed E-state index contributed by atoms with van der Waals surface area (Å²) in [5.41, 5.74) is 0.431. The molecule has 3 N–H and O–H groups in total. The van der Waals surface area contributed by atoms with Crippen LogP contribution in [0.4, 0.5) is 4.39 Å². The standard InChI is InChI=1S/C20H23FN4O6S3/c1-11-8-25(9-12-3-5-14(21)6-4-12)20(27)15(16(11)26)18-23-19-17(34(30,31)24-18)13(10-32-19)7-22-33(2,28)29/h3-6,11,13,22,26H,7-10H2,1-2H3,(H,23,24). The number of hydrogen-bond donors (Lipinski definition) is 3. The highest BCUT2D eigenvalue weighted by Crippen LogP contribution is 2.41. The van der Waals surface area contributed by atoms with Gasteiger partial charge in [0.1, 0.15) is 22.1 Å². The number of nitrogens with one attached hydrogen (secondary N) is 2. The fraction of sp³-hybridized carbons (Fsp3) is 0.400. The average molecular weight is 531 g/mol. The number of carbonyl (C=O) groups excluding carboxylic acids is 1. The van der Waals surface area contributed by atoms with E-state index in [0.29, 0.717) is 11.3 Å². The maximum atomic E-state index is 13.3. The second-order valence-electron chi connectivity index (χ2n) is 8.34. The first-order valence-electron chi connectivity index (χ1n) is 10.3. The Hall–Kier alpha value is -2.42. The van der Waals surface area contributed by atoms with Gasteiger partial charge in [-0.15, -0.1) is 16.2 Å². The number of benzene rings is 1. The van der Waals surface area contributed by atoms with Gasteiger partial charge in [0.2, 0.25) is 10.0 Å². The van der Waals surface area contributed by atoms with Crippen LogP contribution in [0.1, 0.15) is 12.5 Å². The van der Waals surface area contributed by atoms with Crippen molar-refractivity contribution in [1.29, 1.82) is 0 Å². The van der Waals surface area contributed by atoms with Gasteiger partial charge in [-0.1, -0.05) is 19.1 Å². The van der Waals surface area contributed by atoms with Gasteiger partial charge in [0, 0.05) is 37.2 Å². The molecule has 3 aliphatic rings. The topological polar surface area (TPSA) is 145 Å². The van der Waals surface area contributed by atoms with E-state index in [1.54, 1.807) is 19.1 Å². The lowest BCUT2D eigenvalue weighted by molar-refractivity contribution is -0.129. The molecule has 0 saturated heterocycles. The molecule has 3 heterocycles. The molecule has 4 rings (SSSR count). The first kappa shape index (κ1) is 24.7. The molecule has 34 heavy (non-hydrogen) atoms. The molecular formula is C20H23FN4O6S3. The van der Waals surface area contributed by atoms with E-state index in [-0.39, 0.29) is 46.7 Å². The molecular weight excluding hydrogens is 507 g/mol. The van der Waals surface area contributed by atoms with E-state index in [4.69, 9.17) is 0 Å². The summed E-state index contributed by atoms with van der Waals surface area (Å²) in [7, 11) is -7.74. The molecule has 1 aromatic rings. The average Bonchev–Trinajstić information content (AvgIpc) is 3.15. The lowest BCUT2D eigenvalue weighted by Crippen LogP contribution is -2.46. The first-order chi connectivity index (χ1) is 15.9. The summed E-state index contributed by atoms with van der Waals surface area (Å²) in [6, 6.07) is 5.65. The zero-order valence-corrected chi connectivity index (χ0v) is 20.7. The van der Waals surface area contributed by atoms with Crippen molar-refractivity contribution >= 4 is 43.6 Å². The molecule has 0 saturated carbocycles. The van der Waals surface area contributed by atoms with Crippen LogP contribution in [-0.2, 0) is 31.4 Å². The van der Waals surface area contributed by atoms with Crippen molar-refractivity contribution in [2.24, 2.45) is 16.2 Å². The van der Waals surface area contributed by atoms with Crippen LogP contribution < -0.4 is 10.0 Å². The number of amidine groups is 1. The molecule has 184 valence electrons. The van der Waals surface area contributed by atoms with E-state index in [9.17, 15) is 31.1 Å². The van der Waals surface area contributed by atoms with Crippen LogP contribution in [0, 0.1) is 17.7 Å². The van der Waals surface area contributed by atoms with Gasteiger partial charge in [-0.3, -0.25) is 4.79 Å². The second-order valence-corrected chi connectivity index (χ2v) is 12.8. The minimum absolute atomic E-state index is 0.0445. The van der Waals surface area contributed by atoms with Crippen molar-refractivity contribution in [2.75, 3.05) is 25.1 Å². The Balaban J connectivity index is 1.61. The zero-order chi connectivity index (χ0) is 24.8. The second kappa shape index (κ2) is 8.98. The molecule has 0 fully saturated rings. The number of carbonyl (C=O) groups is 1. The summed E-state index contributed by atoms with van der Waals surface area (Å²) >= 11 is 1.17. The molecule has 0 aromatic heterocycles. The molecule has 0 radical (unpaired) electrons. The van der Waals surface area contributed by atoms with E-state index in [0.717, 1.165) is 6.26 Å². The minimum atomic E-state index is -4.23. The predicted octanol–water partition coefficient (Wildman–Crippen LogP) is 1.03. The monoisotopic (exact) mass is 530 g/mol. The van der Waals surface area contributed by atoms with Gasteiger partial charge in [-0.25, -0.2) is 17.5 Å². The molecule has 1 amide bonds. The number of rotatable bonds is 6. The summed E-state index contributed by atoms with van der Waals surface area (Å²) in [5, 5.41) is 13.8. The van der Waals surface area contributed by atoms with E-state index in [1.165, 1.54) is 28.8 Å². The smallest absolute Gasteiger partial charge is 0.283 e. The maximum absolute atomic E-state index is 13.3. The van der Waals surface area contributed by atoms with Gasteiger partial charge in [-0.05, 0) is 17.7 Å². The van der Waals surface area contributed by atoms with Gasteiger partial charge in [-0.2, -0.15) is 8.42 Å². The van der Waals surface area contributed by atoms with E-state index >= 15 is 0 Å². The largest absolute Gasteiger partial charge is 0.511 e. The SMILES string of the molecule is CC1CN(Cc2ccc(F)cc2)C(=O)C(C2=NS(=O)(=O)C3=C(N2)SCC3CNS(C)(=O)=O)=C1O. The molecule has 0 bridgehead atoms. The molecule has 14 heteroatoms. The van der Waals surface area contributed by atoms with Crippen molar-refractivity contribution in [3.8, 4) is 0 Å². The van der Waals surface area contributed by atoms with Gasteiger partial charge in [0.15, 0.2) is 5.84 Å². The Bertz CT molecular complexity index is 1340. The quantitative estimate of drug-likeness (QED) is 0.495. The van der Waals surface area contributed by atoms with E-state index < -0.39 is 43.6 Å². The number of thioether (sulfide) groups is 1. The third-order valence-electron chi connectivity index (χ3n) is 5.58. The number of aliphatic hydroxyl groups excluding tert-OH is 1. The van der Waals surface area contributed by atoms with E-state index in [2.05, 4.69) is 14.4 Å². The minimum Gasteiger partial charge on any atom is -0.511 e. The van der Waals surface area contributed by atoms with E-state index in [1.807, 2.05) is 0 Å². The lowest BCUT2D eigenvalue weighted by Gasteiger charge is -2.33. The van der Waals surface area contributed by atoms with Gasteiger partial charge in [0.05, 0.1) is 11.3 Å². The van der Waals surface area contributed by atoms with Crippen LogP contribution in [-0.4, -0.2) is 63.7 Å². The van der Waals surface area contributed by atoms with Gasteiger partial charge in [0.25, 0.3) is 15.9 Å². The molecule has 2 atom stereocenters. The van der Waals surface area contributed by atoms with Crippen LogP contribution in [0.25, 0.3) is 0 Å². The molecule has 0 aliphatic carbocycles. The summed E-state index contributed by atoms with van der Waals surface area (Å²) in [5.74, 6) is -2.38. The molecule has 0 spiro atoms. The number of sulfonamides is 2. The highest BCUT2D eigenvalue weighted by Gasteiger charge is 2.43. The Kier molecular flexibility index (Phi) is 6.52. The maximum Gasteiger partial charge on any atom is 0.283 e. The fourth-order valence-electron chi connectivity index (χ4n) is 3.94. The first-order valence-corrected chi connectivity index (χ1v) is 14.6. The third-order valence-corrected chi connectivity index (χ3v) is 9.09. The summed E-state index contributed by atoms with van der Waals surface area (Å²) < 4.78 is 68.2. The number of hydrogen-bond acceptors (Lipinski definition) is 8. The van der Waals surface area contributed by atoms with Crippen molar-refractivity contribution in [3.05, 3.63) is 56.9 Å². The Morgan fingerprint density at radius 3 is 2.65 bits per heavy atom. The number of aliphatic hydroxyl groups is 1. The highest BCUT2D eigenvalue weighted by atomic mass is 32.2. The predicted molar refractivity (Wildman–Crippen MR) is 126 cm³/mol. The van der Waals surface area contributed by atoms with Gasteiger partial charge >= 0.3 is 0 Å². The summed E-state index contributed by atoms with van der Waals surface area (Å²) in [6.07, 6.45) is 0.983. The molecule has 3 aliphatic heterocycles.